The van der Waals surface area contributed by atoms with E-state index in [2.05, 4.69) is 0 Å². The average Bonchev–Trinajstić information content (AvgIpc) is 2.28. The zero-order valence-corrected chi connectivity index (χ0v) is 9.41. The van der Waals surface area contributed by atoms with Crippen LogP contribution in [0.25, 0.3) is 0 Å². The highest BCUT2D eigenvalue weighted by Crippen LogP contribution is 2.21. The average molecular weight is 240 g/mol. The summed E-state index contributed by atoms with van der Waals surface area (Å²) in [5.74, 6) is -0.615. The molecule has 0 saturated carbocycles. The third-order valence-electron chi connectivity index (χ3n) is 1.96. The molecule has 1 aromatic carbocycles. The summed E-state index contributed by atoms with van der Waals surface area (Å²) in [5.41, 5.74) is 0.504. The maximum absolute atomic E-state index is 11.5. The molecule has 84 valence electrons. The first kappa shape index (κ1) is 12.5. The van der Waals surface area contributed by atoms with Crippen LogP contribution >= 0.6 is 11.6 Å². The number of aliphatic hydroxyl groups excluding tert-OH is 1. The zero-order valence-electron chi connectivity index (χ0n) is 8.66. The van der Waals surface area contributed by atoms with Crippen molar-refractivity contribution in [1.29, 1.82) is 5.26 Å². The van der Waals surface area contributed by atoms with Crippen LogP contribution in [0.2, 0.25) is 5.02 Å². The third-order valence-corrected chi connectivity index (χ3v) is 2.18. The summed E-state index contributed by atoms with van der Waals surface area (Å²) < 4.78 is 4.79. The molecule has 0 saturated heterocycles. The second-order valence-corrected chi connectivity index (χ2v) is 3.41. The van der Waals surface area contributed by atoms with Crippen molar-refractivity contribution < 1.29 is 14.6 Å². The smallest absolute Gasteiger partial charge is 0.339 e. The van der Waals surface area contributed by atoms with Gasteiger partial charge in [0, 0.05) is 5.02 Å². The Balaban J connectivity index is 3.32. The zero-order chi connectivity index (χ0) is 12.1. The molecular formula is C11H10ClNO3. The first-order chi connectivity index (χ1) is 7.63. The fraction of sp³-hybridized carbons (Fsp3) is 0.273. The van der Waals surface area contributed by atoms with Gasteiger partial charge in [-0.25, -0.2) is 4.79 Å². The molecule has 0 bridgehead atoms. The van der Waals surface area contributed by atoms with E-state index in [0.717, 1.165) is 0 Å². The molecule has 0 aliphatic rings. The van der Waals surface area contributed by atoms with Gasteiger partial charge in [0.1, 0.15) is 6.07 Å². The number of ether oxygens (including phenoxy) is 1. The molecule has 1 rings (SSSR count). The molecular weight excluding hydrogens is 230 g/mol. The van der Waals surface area contributed by atoms with Crippen LogP contribution < -0.4 is 0 Å². The number of carbonyl (C=O) groups excluding carboxylic acids is 1. The molecule has 0 fully saturated rings. The Morgan fingerprint density at radius 2 is 2.31 bits per heavy atom. The number of carbonyl (C=O) groups is 1. The molecule has 0 unspecified atom stereocenters. The maximum atomic E-state index is 11.5. The lowest BCUT2D eigenvalue weighted by atomic mass is 10.0. The van der Waals surface area contributed by atoms with E-state index in [1.807, 2.05) is 6.07 Å². The van der Waals surface area contributed by atoms with Crippen molar-refractivity contribution in [3.8, 4) is 6.07 Å². The lowest BCUT2D eigenvalue weighted by Gasteiger charge is -2.07. The Bertz CT molecular complexity index is 451. The fourth-order valence-electron chi connectivity index (χ4n) is 1.29. The van der Waals surface area contributed by atoms with Gasteiger partial charge in [-0.1, -0.05) is 11.6 Å². The van der Waals surface area contributed by atoms with Crippen molar-refractivity contribution in [2.45, 2.75) is 13.5 Å². The molecule has 5 heteroatoms. The number of aliphatic hydroxyl groups is 1. The van der Waals surface area contributed by atoms with Gasteiger partial charge in [-0.3, -0.25) is 0 Å². The number of esters is 1. The molecule has 0 heterocycles. The summed E-state index contributed by atoms with van der Waals surface area (Å²) in [6.07, 6.45) is 0. The SMILES string of the molecule is CCOC(=O)c1cc(Cl)cc(CO)c1C#N. The van der Waals surface area contributed by atoms with Crippen LogP contribution in [-0.4, -0.2) is 17.7 Å². The number of nitrogens with zero attached hydrogens (tertiary/aromatic N) is 1. The van der Waals surface area contributed by atoms with Crippen molar-refractivity contribution >= 4 is 17.6 Å². The van der Waals surface area contributed by atoms with Crippen molar-refractivity contribution in [3.63, 3.8) is 0 Å². The van der Waals surface area contributed by atoms with E-state index >= 15 is 0 Å². The van der Waals surface area contributed by atoms with Gasteiger partial charge in [0.25, 0.3) is 0 Å². The Morgan fingerprint density at radius 1 is 1.62 bits per heavy atom. The molecule has 0 aliphatic heterocycles. The number of benzene rings is 1. The minimum Gasteiger partial charge on any atom is -0.462 e. The standard InChI is InChI=1S/C11H10ClNO3/c1-2-16-11(15)9-4-8(12)3-7(6-14)10(9)5-13/h3-4,14H,2,6H2,1H3. The number of hydrogen-bond donors (Lipinski definition) is 1. The highest BCUT2D eigenvalue weighted by molar-refractivity contribution is 6.31. The van der Waals surface area contributed by atoms with Crippen LogP contribution in [0.4, 0.5) is 0 Å². The molecule has 0 radical (unpaired) electrons. The Kier molecular flexibility index (Phi) is 4.29. The van der Waals surface area contributed by atoms with Gasteiger partial charge in [0.2, 0.25) is 0 Å². The minimum absolute atomic E-state index is 0.0842. The Labute approximate surface area is 98.0 Å². The second-order valence-electron chi connectivity index (χ2n) is 2.98. The van der Waals surface area contributed by atoms with Gasteiger partial charge in [0.05, 0.1) is 24.3 Å². The monoisotopic (exact) mass is 239 g/mol. The summed E-state index contributed by atoms with van der Waals surface area (Å²) in [4.78, 5) is 11.5. The second kappa shape index (κ2) is 5.50. The highest BCUT2D eigenvalue weighted by atomic mass is 35.5. The molecule has 4 nitrogen and oxygen atoms in total. The Hall–Kier alpha value is -1.57. The minimum atomic E-state index is -0.615. The molecule has 0 amide bonds. The highest BCUT2D eigenvalue weighted by Gasteiger charge is 2.16. The molecule has 16 heavy (non-hydrogen) atoms. The molecule has 1 N–H and O–H groups in total. The van der Waals surface area contributed by atoms with Gasteiger partial charge in [-0.05, 0) is 24.6 Å². The van der Waals surface area contributed by atoms with E-state index in [0.29, 0.717) is 5.56 Å². The number of halogens is 1. The van der Waals surface area contributed by atoms with Crippen LogP contribution in [0.1, 0.15) is 28.4 Å². The predicted molar refractivity (Wildman–Crippen MR) is 58.0 cm³/mol. The van der Waals surface area contributed by atoms with Crippen LogP contribution in [-0.2, 0) is 11.3 Å². The maximum Gasteiger partial charge on any atom is 0.339 e. The number of nitriles is 1. The van der Waals surface area contributed by atoms with Crippen molar-refractivity contribution in [3.05, 3.63) is 33.8 Å². The van der Waals surface area contributed by atoms with Crippen LogP contribution in [0, 0.1) is 11.3 Å². The largest absolute Gasteiger partial charge is 0.462 e. The van der Waals surface area contributed by atoms with Gasteiger partial charge >= 0.3 is 5.97 Å². The quantitative estimate of drug-likeness (QED) is 0.818. The summed E-state index contributed by atoms with van der Waals surface area (Å²) in [5, 5.41) is 18.3. The summed E-state index contributed by atoms with van der Waals surface area (Å²) in [6, 6.07) is 4.67. The lowest BCUT2D eigenvalue weighted by molar-refractivity contribution is 0.0526. The van der Waals surface area contributed by atoms with Crippen molar-refractivity contribution in [2.75, 3.05) is 6.61 Å². The van der Waals surface area contributed by atoms with E-state index < -0.39 is 5.97 Å². The van der Waals surface area contributed by atoms with E-state index in [4.69, 9.17) is 26.7 Å². The first-order valence-electron chi connectivity index (χ1n) is 4.64. The van der Waals surface area contributed by atoms with Gasteiger partial charge in [0.15, 0.2) is 0 Å². The van der Waals surface area contributed by atoms with Crippen molar-refractivity contribution in [1.82, 2.24) is 0 Å². The van der Waals surface area contributed by atoms with Crippen LogP contribution in [0.3, 0.4) is 0 Å². The van der Waals surface area contributed by atoms with Crippen LogP contribution in [0.5, 0.6) is 0 Å². The van der Waals surface area contributed by atoms with E-state index in [1.54, 1.807) is 6.92 Å². The summed E-state index contributed by atoms with van der Waals surface area (Å²) >= 11 is 5.77. The first-order valence-corrected chi connectivity index (χ1v) is 5.02. The summed E-state index contributed by atoms with van der Waals surface area (Å²) in [6.45, 7) is 1.53. The normalized spacial score (nSPS) is 9.62. The van der Waals surface area contributed by atoms with Crippen LogP contribution in [0.15, 0.2) is 12.1 Å². The third kappa shape index (κ3) is 2.51. The topological polar surface area (TPSA) is 70.3 Å². The van der Waals surface area contributed by atoms with Gasteiger partial charge in [-0.2, -0.15) is 5.26 Å². The predicted octanol–water partition coefficient (Wildman–Crippen LogP) is 1.88. The van der Waals surface area contributed by atoms with Crippen molar-refractivity contribution in [2.24, 2.45) is 0 Å². The molecule has 0 atom stereocenters. The molecule has 0 aromatic heterocycles. The summed E-state index contributed by atoms with van der Waals surface area (Å²) in [7, 11) is 0. The van der Waals surface area contributed by atoms with E-state index in [-0.39, 0.29) is 29.4 Å². The van der Waals surface area contributed by atoms with Gasteiger partial charge < -0.3 is 9.84 Å². The van der Waals surface area contributed by atoms with Gasteiger partial charge in [-0.15, -0.1) is 0 Å². The van der Waals surface area contributed by atoms with E-state index in [1.165, 1.54) is 12.1 Å². The molecule has 0 aliphatic carbocycles. The lowest BCUT2D eigenvalue weighted by Crippen LogP contribution is -2.09. The van der Waals surface area contributed by atoms with E-state index in [9.17, 15) is 4.79 Å². The fourth-order valence-corrected chi connectivity index (χ4v) is 1.53. The number of hydrogen-bond acceptors (Lipinski definition) is 4. The Morgan fingerprint density at radius 3 is 2.81 bits per heavy atom. The number of rotatable bonds is 3. The molecule has 1 aromatic rings. The molecule has 0 spiro atoms.